The van der Waals surface area contributed by atoms with Crippen molar-refractivity contribution >= 4 is 5.97 Å². The number of nitrogens with zero attached hydrogens (tertiary/aromatic N) is 2. The zero-order valence-corrected chi connectivity index (χ0v) is 9.82. The van der Waals surface area contributed by atoms with Gasteiger partial charge in [0.15, 0.2) is 0 Å². The third kappa shape index (κ3) is 3.35. The topological polar surface area (TPSA) is 64.3 Å². The van der Waals surface area contributed by atoms with Crippen LogP contribution in [0.3, 0.4) is 0 Å². The van der Waals surface area contributed by atoms with E-state index in [1.807, 2.05) is 10.8 Å². The van der Waals surface area contributed by atoms with Crippen LogP contribution in [0.4, 0.5) is 0 Å². The van der Waals surface area contributed by atoms with E-state index in [1.54, 1.807) is 24.7 Å². The summed E-state index contributed by atoms with van der Waals surface area (Å²) >= 11 is 0. The Balaban J connectivity index is 1.75. The molecule has 1 aromatic carbocycles. The standard InChI is InChI=1S/C13H14N2O3/c16-13(17)11-2-4-12(5-3-11)18-9-1-7-15-8-6-14-10-15/h2-6,8,10H,1,7,9H2,(H,16,17). The Kier molecular flexibility index (Phi) is 3.96. The van der Waals surface area contributed by atoms with Crippen LogP contribution in [0.1, 0.15) is 16.8 Å². The smallest absolute Gasteiger partial charge is 0.335 e. The summed E-state index contributed by atoms with van der Waals surface area (Å²) in [5, 5.41) is 8.75. The number of carboxylic acids is 1. The normalized spacial score (nSPS) is 10.2. The van der Waals surface area contributed by atoms with Crippen molar-refractivity contribution in [3.8, 4) is 5.75 Å². The molecule has 0 aliphatic rings. The third-order valence-corrected chi connectivity index (χ3v) is 2.49. The van der Waals surface area contributed by atoms with E-state index in [0.717, 1.165) is 13.0 Å². The first-order chi connectivity index (χ1) is 8.75. The van der Waals surface area contributed by atoms with Crippen molar-refractivity contribution in [1.82, 2.24) is 9.55 Å². The Bertz CT molecular complexity index is 491. The summed E-state index contributed by atoms with van der Waals surface area (Å²) in [5.41, 5.74) is 0.265. The number of benzene rings is 1. The highest BCUT2D eigenvalue weighted by Crippen LogP contribution is 2.12. The molecule has 5 heteroatoms. The Morgan fingerprint density at radius 3 is 2.72 bits per heavy atom. The summed E-state index contributed by atoms with van der Waals surface area (Å²) in [6, 6.07) is 6.41. The fraction of sp³-hybridized carbons (Fsp3) is 0.231. The molecule has 2 rings (SSSR count). The van der Waals surface area contributed by atoms with Crippen molar-refractivity contribution in [2.45, 2.75) is 13.0 Å². The number of hydrogen-bond donors (Lipinski definition) is 1. The van der Waals surface area contributed by atoms with Crippen LogP contribution in [-0.4, -0.2) is 27.2 Å². The van der Waals surface area contributed by atoms with Crippen molar-refractivity contribution in [2.75, 3.05) is 6.61 Å². The number of aromatic nitrogens is 2. The lowest BCUT2D eigenvalue weighted by Crippen LogP contribution is -2.03. The van der Waals surface area contributed by atoms with Crippen LogP contribution in [-0.2, 0) is 6.54 Å². The van der Waals surface area contributed by atoms with E-state index in [1.165, 1.54) is 12.1 Å². The molecular weight excluding hydrogens is 232 g/mol. The molecule has 2 aromatic rings. The van der Waals surface area contributed by atoms with E-state index >= 15 is 0 Å². The van der Waals surface area contributed by atoms with Crippen molar-refractivity contribution in [3.63, 3.8) is 0 Å². The van der Waals surface area contributed by atoms with Gasteiger partial charge < -0.3 is 14.4 Å². The zero-order chi connectivity index (χ0) is 12.8. The Labute approximate surface area is 105 Å². The lowest BCUT2D eigenvalue weighted by molar-refractivity contribution is 0.0697. The molecule has 0 saturated heterocycles. The van der Waals surface area contributed by atoms with Gasteiger partial charge in [0.05, 0.1) is 18.5 Å². The summed E-state index contributed by atoms with van der Waals surface area (Å²) in [4.78, 5) is 14.6. The van der Waals surface area contributed by atoms with Crippen LogP contribution >= 0.6 is 0 Å². The molecule has 0 unspecified atom stereocenters. The summed E-state index contributed by atoms with van der Waals surface area (Å²) in [6.45, 7) is 1.44. The number of hydrogen-bond acceptors (Lipinski definition) is 3. The molecule has 5 nitrogen and oxygen atoms in total. The van der Waals surface area contributed by atoms with Crippen molar-refractivity contribution in [2.24, 2.45) is 0 Å². The van der Waals surface area contributed by atoms with Crippen LogP contribution in [0.5, 0.6) is 5.75 Å². The lowest BCUT2D eigenvalue weighted by atomic mass is 10.2. The molecule has 0 aliphatic carbocycles. The maximum absolute atomic E-state index is 10.7. The van der Waals surface area contributed by atoms with Crippen LogP contribution in [0.15, 0.2) is 43.0 Å². The fourth-order valence-electron chi connectivity index (χ4n) is 1.55. The molecule has 1 aromatic heterocycles. The molecule has 0 fully saturated rings. The van der Waals surface area contributed by atoms with Gasteiger partial charge in [-0.3, -0.25) is 0 Å². The number of carbonyl (C=O) groups is 1. The van der Waals surface area contributed by atoms with Gasteiger partial charge in [-0.05, 0) is 30.7 Å². The molecule has 0 atom stereocenters. The van der Waals surface area contributed by atoms with Gasteiger partial charge in [0, 0.05) is 18.9 Å². The fourth-order valence-corrected chi connectivity index (χ4v) is 1.55. The second kappa shape index (κ2) is 5.86. The first-order valence-electron chi connectivity index (χ1n) is 5.67. The minimum absolute atomic E-state index is 0.265. The number of ether oxygens (including phenoxy) is 1. The van der Waals surface area contributed by atoms with E-state index in [0.29, 0.717) is 12.4 Å². The van der Waals surface area contributed by atoms with Crippen LogP contribution in [0.2, 0.25) is 0 Å². The highest BCUT2D eigenvalue weighted by Gasteiger charge is 2.01. The number of rotatable bonds is 6. The zero-order valence-electron chi connectivity index (χ0n) is 9.82. The van der Waals surface area contributed by atoms with Gasteiger partial charge in [0.25, 0.3) is 0 Å². The van der Waals surface area contributed by atoms with Crippen LogP contribution in [0, 0.1) is 0 Å². The largest absolute Gasteiger partial charge is 0.494 e. The minimum atomic E-state index is -0.929. The van der Waals surface area contributed by atoms with E-state index in [2.05, 4.69) is 4.98 Å². The van der Waals surface area contributed by atoms with Gasteiger partial charge in [-0.1, -0.05) is 0 Å². The molecule has 0 radical (unpaired) electrons. The number of carboxylic acid groups (broad SMARTS) is 1. The average Bonchev–Trinajstić information content (AvgIpc) is 2.88. The molecule has 1 heterocycles. The molecular formula is C13H14N2O3. The van der Waals surface area contributed by atoms with Gasteiger partial charge in [0.2, 0.25) is 0 Å². The summed E-state index contributed by atoms with van der Waals surface area (Å²) in [6.07, 6.45) is 6.28. The minimum Gasteiger partial charge on any atom is -0.494 e. The van der Waals surface area contributed by atoms with Crippen LogP contribution in [0.25, 0.3) is 0 Å². The molecule has 0 amide bonds. The Morgan fingerprint density at radius 1 is 1.33 bits per heavy atom. The maximum Gasteiger partial charge on any atom is 0.335 e. The SMILES string of the molecule is O=C(O)c1ccc(OCCCn2ccnc2)cc1. The van der Waals surface area contributed by atoms with Gasteiger partial charge in [0.1, 0.15) is 5.75 Å². The molecule has 0 spiro atoms. The quantitative estimate of drug-likeness (QED) is 0.792. The van der Waals surface area contributed by atoms with E-state index < -0.39 is 5.97 Å². The Morgan fingerprint density at radius 2 is 2.11 bits per heavy atom. The molecule has 0 saturated carbocycles. The second-order valence-corrected chi connectivity index (χ2v) is 3.83. The van der Waals surface area contributed by atoms with Gasteiger partial charge >= 0.3 is 5.97 Å². The summed E-state index contributed by atoms with van der Waals surface area (Å²) in [5.74, 6) is -0.243. The molecule has 1 N–H and O–H groups in total. The molecule has 94 valence electrons. The van der Waals surface area contributed by atoms with Crippen LogP contribution < -0.4 is 4.74 Å². The predicted octanol–water partition coefficient (Wildman–Crippen LogP) is 2.05. The molecule has 18 heavy (non-hydrogen) atoms. The van der Waals surface area contributed by atoms with Gasteiger partial charge in [-0.2, -0.15) is 0 Å². The third-order valence-electron chi connectivity index (χ3n) is 2.49. The summed E-state index contributed by atoms with van der Waals surface area (Å²) < 4.78 is 7.50. The summed E-state index contributed by atoms with van der Waals surface area (Å²) in [7, 11) is 0. The first kappa shape index (κ1) is 12.2. The average molecular weight is 246 g/mol. The van der Waals surface area contributed by atoms with E-state index in [4.69, 9.17) is 9.84 Å². The Hall–Kier alpha value is -2.30. The van der Waals surface area contributed by atoms with Crippen molar-refractivity contribution in [3.05, 3.63) is 48.5 Å². The predicted molar refractivity (Wildman–Crippen MR) is 65.7 cm³/mol. The monoisotopic (exact) mass is 246 g/mol. The highest BCUT2D eigenvalue weighted by atomic mass is 16.5. The van der Waals surface area contributed by atoms with E-state index in [9.17, 15) is 4.79 Å². The lowest BCUT2D eigenvalue weighted by Gasteiger charge is -2.06. The number of imidazole rings is 1. The van der Waals surface area contributed by atoms with Gasteiger partial charge in [-0.25, -0.2) is 9.78 Å². The number of aromatic carboxylic acids is 1. The van der Waals surface area contributed by atoms with Crippen molar-refractivity contribution < 1.29 is 14.6 Å². The van der Waals surface area contributed by atoms with E-state index in [-0.39, 0.29) is 5.56 Å². The van der Waals surface area contributed by atoms with Gasteiger partial charge in [-0.15, -0.1) is 0 Å². The molecule has 0 aliphatic heterocycles. The first-order valence-corrected chi connectivity index (χ1v) is 5.67. The second-order valence-electron chi connectivity index (χ2n) is 3.83. The highest BCUT2D eigenvalue weighted by molar-refractivity contribution is 5.87. The number of aryl methyl sites for hydroxylation is 1. The molecule has 0 bridgehead atoms. The maximum atomic E-state index is 10.7. The van der Waals surface area contributed by atoms with Crippen molar-refractivity contribution in [1.29, 1.82) is 0 Å².